The number of benzene rings is 2. The maximum Gasteiger partial charge on any atom is 0.274 e. The lowest BCUT2D eigenvalue weighted by atomic mass is 9.68. The smallest absolute Gasteiger partial charge is 0.274 e. The van der Waals surface area contributed by atoms with Gasteiger partial charge >= 0.3 is 0 Å². The molecule has 2 aromatic carbocycles. The summed E-state index contributed by atoms with van der Waals surface area (Å²) in [5.74, 6) is 0.787. The van der Waals surface area contributed by atoms with Gasteiger partial charge in [0.05, 0.1) is 7.11 Å². The molecule has 2 fully saturated rings. The number of hydrogen-bond acceptors (Lipinski definition) is 5. The summed E-state index contributed by atoms with van der Waals surface area (Å²) in [5.41, 5.74) is 2.21. The largest absolute Gasteiger partial charge is 0.497 e. The van der Waals surface area contributed by atoms with E-state index in [2.05, 4.69) is 51.3 Å². The molecule has 186 valence electrons. The van der Waals surface area contributed by atoms with E-state index < -0.39 is 10.2 Å². The highest BCUT2D eigenvalue weighted by atomic mass is 32.2. The highest BCUT2D eigenvalue weighted by Crippen LogP contribution is 2.40. The van der Waals surface area contributed by atoms with E-state index in [1.54, 1.807) is 7.11 Å². The number of likely N-dealkylation sites (tertiary alicyclic amines) is 1. The Hall–Kier alpha value is -1.97. The Bertz CT molecular complexity index is 1020. The molecule has 0 radical (unpaired) electrons. The van der Waals surface area contributed by atoms with Crippen molar-refractivity contribution in [2.24, 2.45) is 5.14 Å². The minimum absolute atomic E-state index is 0.280. The number of nitrogens with zero attached hydrogens (tertiary/aromatic N) is 1. The lowest BCUT2D eigenvalue weighted by molar-refractivity contribution is 0.167. The van der Waals surface area contributed by atoms with E-state index >= 15 is 0 Å². The highest BCUT2D eigenvalue weighted by molar-refractivity contribution is 7.87. The Balaban J connectivity index is 1.32. The van der Waals surface area contributed by atoms with Crippen molar-refractivity contribution in [1.82, 2.24) is 14.9 Å². The molecule has 4 rings (SSSR count). The Morgan fingerprint density at radius 1 is 1.00 bits per heavy atom. The number of hydrogen-bond donors (Lipinski definition) is 3. The fourth-order valence-electron chi connectivity index (χ4n) is 5.53. The van der Waals surface area contributed by atoms with Gasteiger partial charge < -0.3 is 10.1 Å². The number of methoxy groups -OCH3 is 1. The van der Waals surface area contributed by atoms with Crippen LogP contribution in [0.4, 0.5) is 0 Å². The normalized spacial score (nSPS) is 24.7. The van der Waals surface area contributed by atoms with E-state index in [4.69, 9.17) is 9.88 Å². The summed E-state index contributed by atoms with van der Waals surface area (Å²) in [6, 6.07) is 19.7. The molecule has 0 amide bonds. The number of nitrogens with two attached hydrogens (primary N) is 1. The molecular weight excluding hydrogens is 448 g/mol. The van der Waals surface area contributed by atoms with E-state index in [1.807, 2.05) is 18.2 Å². The second-order valence-electron chi connectivity index (χ2n) is 9.86. The minimum atomic E-state index is -3.75. The van der Waals surface area contributed by atoms with Crippen molar-refractivity contribution in [3.63, 3.8) is 0 Å². The summed E-state index contributed by atoms with van der Waals surface area (Å²) < 4.78 is 31.3. The summed E-state index contributed by atoms with van der Waals surface area (Å²) in [4.78, 5) is 2.54. The van der Waals surface area contributed by atoms with Gasteiger partial charge in [-0.3, -0.25) is 4.90 Å². The average molecular weight is 487 g/mol. The molecule has 0 spiro atoms. The molecule has 1 heterocycles. The van der Waals surface area contributed by atoms with Gasteiger partial charge in [0.1, 0.15) is 5.75 Å². The van der Waals surface area contributed by atoms with Crippen molar-refractivity contribution in [3.05, 3.63) is 65.7 Å². The Morgan fingerprint density at radius 3 is 2.32 bits per heavy atom. The van der Waals surface area contributed by atoms with Crippen LogP contribution in [0.1, 0.15) is 49.7 Å². The van der Waals surface area contributed by atoms with Gasteiger partial charge in [0.15, 0.2) is 0 Å². The van der Waals surface area contributed by atoms with Crippen LogP contribution in [0.25, 0.3) is 0 Å². The molecule has 4 N–H and O–H groups in total. The first-order valence-electron chi connectivity index (χ1n) is 12.3. The number of rotatable bonds is 9. The van der Waals surface area contributed by atoms with Crippen LogP contribution in [0.5, 0.6) is 5.75 Å². The third-order valence-corrected chi connectivity index (χ3v) is 8.09. The van der Waals surface area contributed by atoms with E-state index in [0.717, 1.165) is 69.5 Å². The third kappa shape index (κ3) is 6.79. The van der Waals surface area contributed by atoms with Crippen molar-refractivity contribution in [1.29, 1.82) is 0 Å². The first kappa shape index (κ1) is 25.1. The Morgan fingerprint density at radius 2 is 1.68 bits per heavy atom. The zero-order valence-electron chi connectivity index (χ0n) is 20.1. The molecule has 34 heavy (non-hydrogen) atoms. The van der Waals surface area contributed by atoms with Crippen LogP contribution in [0.3, 0.4) is 0 Å². The maximum absolute atomic E-state index is 11.7. The molecule has 0 unspecified atom stereocenters. The zero-order chi connectivity index (χ0) is 24.0. The number of piperidine rings is 1. The number of ether oxygens (including phenoxy) is 1. The molecule has 2 aromatic rings. The standard InChI is InChI=1S/C26H38N4O3S/c1-33-25-9-5-8-22(18-25)26(20-28-34(27,31)32)14-10-23(11-15-26)29-24-12-16-30(17-13-24)19-21-6-3-2-4-7-21/h2-9,18,23-24,28-29H,10-17,19-20H2,1H3,(H2,27,31,32). The molecule has 1 aliphatic heterocycles. The van der Waals surface area contributed by atoms with Gasteiger partial charge in [-0.2, -0.15) is 8.42 Å². The van der Waals surface area contributed by atoms with E-state index in [9.17, 15) is 8.42 Å². The summed E-state index contributed by atoms with van der Waals surface area (Å²) in [6.45, 7) is 3.57. The van der Waals surface area contributed by atoms with Crippen molar-refractivity contribution in [2.45, 2.75) is 62.6 Å². The predicted octanol–water partition coefficient (Wildman–Crippen LogP) is 2.92. The number of nitrogens with one attached hydrogen (secondary N) is 2. The van der Waals surface area contributed by atoms with Crippen LogP contribution in [-0.2, 0) is 22.2 Å². The second-order valence-corrected chi connectivity index (χ2v) is 11.2. The molecule has 2 aliphatic rings. The Kier molecular flexibility index (Phi) is 8.26. The monoisotopic (exact) mass is 486 g/mol. The van der Waals surface area contributed by atoms with Gasteiger partial charge in [-0.15, -0.1) is 0 Å². The lowest BCUT2D eigenvalue weighted by Gasteiger charge is -2.43. The third-order valence-electron chi connectivity index (χ3n) is 7.54. The van der Waals surface area contributed by atoms with Gasteiger partial charge in [-0.05, 0) is 74.9 Å². The van der Waals surface area contributed by atoms with Crippen LogP contribution in [0, 0.1) is 0 Å². The molecule has 1 saturated carbocycles. The van der Waals surface area contributed by atoms with Gasteiger partial charge in [0, 0.05) is 30.6 Å². The molecule has 1 saturated heterocycles. The Labute approximate surface area is 204 Å². The van der Waals surface area contributed by atoms with E-state index in [-0.39, 0.29) is 5.41 Å². The summed E-state index contributed by atoms with van der Waals surface area (Å²) in [7, 11) is -2.10. The first-order chi connectivity index (χ1) is 16.4. The van der Waals surface area contributed by atoms with Crippen molar-refractivity contribution < 1.29 is 13.2 Å². The van der Waals surface area contributed by atoms with Gasteiger partial charge in [0.25, 0.3) is 10.2 Å². The summed E-state index contributed by atoms with van der Waals surface area (Å²) >= 11 is 0. The molecule has 0 aromatic heterocycles. The summed E-state index contributed by atoms with van der Waals surface area (Å²) in [5, 5.41) is 9.19. The SMILES string of the molecule is COc1cccc(C2(CNS(N)(=O)=O)CCC(NC3CCN(Cc4ccccc4)CC3)CC2)c1. The minimum Gasteiger partial charge on any atom is -0.497 e. The zero-order valence-corrected chi connectivity index (χ0v) is 20.9. The van der Waals surface area contributed by atoms with Crippen LogP contribution in [-0.4, -0.2) is 52.1 Å². The van der Waals surface area contributed by atoms with Crippen molar-refractivity contribution in [2.75, 3.05) is 26.7 Å². The summed E-state index contributed by atoms with van der Waals surface area (Å²) in [6.07, 6.45) is 6.14. The lowest BCUT2D eigenvalue weighted by Crippen LogP contribution is -2.50. The molecular formula is C26H38N4O3S. The van der Waals surface area contributed by atoms with Crippen LogP contribution >= 0.6 is 0 Å². The maximum atomic E-state index is 11.7. The average Bonchev–Trinajstić information content (AvgIpc) is 2.85. The molecule has 8 heteroatoms. The predicted molar refractivity (Wildman–Crippen MR) is 136 cm³/mol. The van der Waals surface area contributed by atoms with Crippen molar-refractivity contribution >= 4 is 10.2 Å². The molecule has 0 atom stereocenters. The molecule has 1 aliphatic carbocycles. The highest BCUT2D eigenvalue weighted by Gasteiger charge is 2.38. The quantitative estimate of drug-likeness (QED) is 0.506. The van der Waals surface area contributed by atoms with E-state index in [0.29, 0.717) is 18.6 Å². The van der Waals surface area contributed by atoms with E-state index in [1.165, 1.54) is 5.56 Å². The van der Waals surface area contributed by atoms with Crippen LogP contribution in [0.2, 0.25) is 0 Å². The second kappa shape index (κ2) is 11.2. The van der Waals surface area contributed by atoms with Crippen LogP contribution in [0.15, 0.2) is 54.6 Å². The van der Waals surface area contributed by atoms with Gasteiger partial charge in [-0.25, -0.2) is 9.86 Å². The fourth-order valence-corrected chi connectivity index (χ4v) is 6.01. The topological polar surface area (TPSA) is 96.7 Å². The fraction of sp³-hybridized carbons (Fsp3) is 0.538. The van der Waals surface area contributed by atoms with Gasteiger partial charge in [-0.1, -0.05) is 42.5 Å². The van der Waals surface area contributed by atoms with Crippen LogP contribution < -0.4 is 19.9 Å². The first-order valence-corrected chi connectivity index (χ1v) is 13.8. The molecule has 7 nitrogen and oxygen atoms in total. The molecule has 0 bridgehead atoms. The van der Waals surface area contributed by atoms with Gasteiger partial charge in [0.2, 0.25) is 0 Å². The van der Waals surface area contributed by atoms with Crippen molar-refractivity contribution in [3.8, 4) is 5.75 Å².